The quantitative estimate of drug-likeness (QED) is 0.362. The summed E-state index contributed by atoms with van der Waals surface area (Å²) in [5.74, 6) is -0.782. The van der Waals surface area contributed by atoms with Crippen LogP contribution >= 0.6 is 0 Å². The van der Waals surface area contributed by atoms with Gasteiger partial charge in [-0.05, 0) is 13.0 Å². The second kappa shape index (κ2) is 5.82. The molecule has 1 aliphatic heterocycles. The standard InChI is InChI=1S/C16H17N5O6/c1-16(26)12(23)9(5-22)27-15(16)21-4-6-2-7(13(17)24)11-10(6)8(20-21)3-18-19-14(11)25/h2-4,9,12,15,22-23,26H,5H2,1H3,(H2,17,24)(H,19,25)/t9-,12-,15-,16-/m1/s1. The minimum Gasteiger partial charge on any atom is -0.394 e. The number of aliphatic hydroxyl groups is 3. The fourth-order valence-corrected chi connectivity index (χ4v) is 3.52. The van der Waals surface area contributed by atoms with Crippen molar-refractivity contribution in [3.8, 4) is 0 Å². The SMILES string of the molecule is C[C@@]1(O)[C@H](O)[C@@H](CO)O[C@H]1n1cc2cc(C(N)=O)c3c(=O)[nH]ncc(n1)c23. The molecule has 11 nitrogen and oxygen atoms in total. The fraction of sp³-hybridized carbons (Fsp3) is 0.375. The van der Waals surface area contributed by atoms with Gasteiger partial charge in [-0.1, -0.05) is 0 Å². The molecule has 0 aliphatic carbocycles. The lowest BCUT2D eigenvalue weighted by Crippen LogP contribution is -2.44. The molecule has 11 heteroatoms. The molecule has 1 amide bonds. The molecule has 1 aliphatic rings. The van der Waals surface area contributed by atoms with Gasteiger partial charge in [-0.2, -0.15) is 10.2 Å². The van der Waals surface area contributed by atoms with E-state index < -0.39 is 42.1 Å². The number of ether oxygens (including phenoxy) is 1. The molecule has 1 aromatic carbocycles. The van der Waals surface area contributed by atoms with Crippen LogP contribution in [0.3, 0.4) is 0 Å². The van der Waals surface area contributed by atoms with Crippen LogP contribution in [-0.2, 0) is 4.74 Å². The van der Waals surface area contributed by atoms with Gasteiger partial charge >= 0.3 is 0 Å². The summed E-state index contributed by atoms with van der Waals surface area (Å²) in [6.07, 6.45) is -0.706. The lowest BCUT2D eigenvalue weighted by molar-refractivity contribution is -0.102. The van der Waals surface area contributed by atoms with Crippen molar-refractivity contribution in [3.63, 3.8) is 0 Å². The molecule has 1 saturated heterocycles. The Labute approximate surface area is 151 Å². The maximum absolute atomic E-state index is 12.3. The molecule has 0 saturated carbocycles. The molecule has 0 bridgehead atoms. The van der Waals surface area contributed by atoms with Crippen LogP contribution in [0.5, 0.6) is 0 Å². The van der Waals surface area contributed by atoms with Crippen molar-refractivity contribution in [2.24, 2.45) is 5.73 Å². The molecule has 3 aromatic rings. The zero-order chi connectivity index (χ0) is 19.5. The number of rotatable bonds is 3. The Bertz CT molecular complexity index is 1120. The Kier molecular flexibility index (Phi) is 3.78. The largest absolute Gasteiger partial charge is 0.394 e. The van der Waals surface area contributed by atoms with Gasteiger partial charge in [0.2, 0.25) is 5.91 Å². The Morgan fingerprint density at radius 2 is 2.22 bits per heavy atom. The van der Waals surface area contributed by atoms with Crippen LogP contribution in [0.25, 0.3) is 21.7 Å². The van der Waals surface area contributed by atoms with Gasteiger partial charge < -0.3 is 25.8 Å². The summed E-state index contributed by atoms with van der Waals surface area (Å²) in [6.45, 7) is 0.870. The van der Waals surface area contributed by atoms with Gasteiger partial charge in [0.25, 0.3) is 5.56 Å². The van der Waals surface area contributed by atoms with E-state index in [1.807, 2.05) is 0 Å². The smallest absolute Gasteiger partial charge is 0.272 e. The molecule has 4 atom stereocenters. The molecular weight excluding hydrogens is 358 g/mol. The van der Waals surface area contributed by atoms with Crippen LogP contribution in [0, 0.1) is 0 Å². The zero-order valence-corrected chi connectivity index (χ0v) is 14.2. The minimum absolute atomic E-state index is 0.0150. The number of hydrogen-bond acceptors (Lipinski definition) is 8. The van der Waals surface area contributed by atoms with Crippen molar-refractivity contribution in [1.82, 2.24) is 20.0 Å². The minimum atomic E-state index is -1.75. The van der Waals surface area contributed by atoms with Crippen molar-refractivity contribution in [1.29, 1.82) is 0 Å². The summed E-state index contributed by atoms with van der Waals surface area (Å²) in [7, 11) is 0. The maximum atomic E-state index is 12.3. The first-order valence-corrected chi connectivity index (χ1v) is 8.11. The first-order valence-electron chi connectivity index (χ1n) is 8.11. The number of H-pyrrole nitrogens is 1. The highest BCUT2D eigenvalue weighted by atomic mass is 16.6. The summed E-state index contributed by atoms with van der Waals surface area (Å²) in [6, 6.07) is 1.44. The van der Waals surface area contributed by atoms with Crippen LogP contribution < -0.4 is 11.3 Å². The average molecular weight is 375 g/mol. The van der Waals surface area contributed by atoms with Crippen molar-refractivity contribution in [2.75, 3.05) is 6.61 Å². The summed E-state index contributed by atoms with van der Waals surface area (Å²) in [5.41, 5.74) is 3.31. The third kappa shape index (κ3) is 2.44. The van der Waals surface area contributed by atoms with Crippen molar-refractivity contribution in [2.45, 2.75) is 31.0 Å². The molecule has 0 radical (unpaired) electrons. The summed E-state index contributed by atoms with van der Waals surface area (Å²) in [4.78, 5) is 24.0. The molecule has 3 heterocycles. The number of aliphatic hydroxyl groups excluding tert-OH is 2. The van der Waals surface area contributed by atoms with E-state index in [1.54, 1.807) is 0 Å². The van der Waals surface area contributed by atoms with Crippen molar-refractivity contribution in [3.05, 3.63) is 34.4 Å². The number of primary amides is 1. The maximum Gasteiger partial charge on any atom is 0.272 e. The first-order chi connectivity index (χ1) is 12.8. The predicted molar refractivity (Wildman–Crippen MR) is 91.8 cm³/mol. The molecule has 0 unspecified atom stereocenters. The molecule has 27 heavy (non-hydrogen) atoms. The number of aromatic amines is 1. The summed E-state index contributed by atoms with van der Waals surface area (Å²) >= 11 is 0. The summed E-state index contributed by atoms with van der Waals surface area (Å²) < 4.78 is 6.82. The topological polar surface area (TPSA) is 177 Å². The number of amides is 1. The Morgan fingerprint density at radius 1 is 1.48 bits per heavy atom. The number of nitrogens with two attached hydrogens (primary N) is 1. The number of aromatic nitrogens is 4. The van der Waals surface area contributed by atoms with E-state index in [-0.39, 0.29) is 16.5 Å². The number of nitrogens with one attached hydrogen (secondary N) is 1. The Balaban J connectivity index is 2.00. The number of carbonyl (C=O) groups is 1. The van der Waals surface area contributed by atoms with E-state index in [2.05, 4.69) is 15.3 Å². The highest BCUT2D eigenvalue weighted by molar-refractivity contribution is 6.18. The van der Waals surface area contributed by atoms with E-state index in [4.69, 9.17) is 10.5 Å². The molecule has 2 aromatic heterocycles. The van der Waals surface area contributed by atoms with Gasteiger partial charge in [-0.25, -0.2) is 9.78 Å². The average Bonchev–Trinajstić information content (AvgIpc) is 3.04. The van der Waals surface area contributed by atoms with Gasteiger partial charge in [0.15, 0.2) is 6.23 Å². The lowest BCUT2D eigenvalue weighted by atomic mass is 9.97. The third-order valence-electron chi connectivity index (χ3n) is 4.88. The molecule has 0 spiro atoms. The number of hydrogen-bond donors (Lipinski definition) is 5. The van der Waals surface area contributed by atoms with E-state index >= 15 is 0 Å². The van der Waals surface area contributed by atoms with E-state index in [0.29, 0.717) is 10.8 Å². The molecule has 4 rings (SSSR count). The highest BCUT2D eigenvalue weighted by Crippen LogP contribution is 2.38. The van der Waals surface area contributed by atoms with Crippen LogP contribution in [0.1, 0.15) is 23.5 Å². The molecule has 1 fully saturated rings. The van der Waals surface area contributed by atoms with Crippen LogP contribution in [-0.4, -0.2) is 65.6 Å². The highest BCUT2D eigenvalue weighted by Gasteiger charge is 2.53. The summed E-state index contributed by atoms with van der Waals surface area (Å²) in [5, 5.41) is 41.5. The van der Waals surface area contributed by atoms with Crippen LogP contribution in [0.2, 0.25) is 0 Å². The number of carbonyl (C=O) groups excluding carboxylic acids is 1. The second-order valence-electron chi connectivity index (χ2n) is 6.70. The van der Waals surface area contributed by atoms with Crippen LogP contribution in [0.4, 0.5) is 0 Å². The molecule has 6 N–H and O–H groups in total. The van der Waals surface area contributed by atoms with Crippen molar-refractivity contribution >= 4 is 27.6 Å². The van der Waals surface area contributed by atoms with Gasteiger partial charge in [0.1, 0.15) is 23.3 Å². The first kappa shape index (κ1) is 17.5. The van der Waals surface area contributed by atoms with E-state index in [0.717, 1.165) is 0 Å². The second-order valence-corrected chi connectivity index (χ2v) is 6.70. The monoisotopic (exact) mass is 375 g/mol. The van der Waals surface area contributed by atoms with Gasteiger partial charge in [0, 0.05) is 17.0 Å². The third-order valence-corrected chi connectivity index (χ3v) is 4.88. The number of nitrogens with zero attached hydrogens (tertiary/aromatic N) is 3. The normalized spacial score (nSPS) is 28.2. The Morgan fingerprint density at radius 3 is 2.85 bits per heavy atom. The van der Waals surface area contributed by atoms with Gasteiger partial charge in [0.05, 0.1) is 23.8 Å². The molecule has 142 valence electrons. The van der Waals surface area contributed by atoms with Crippen LogP contribution in [0.15, 0.2) is 23.3 Å². The lowest BCUT2D eigenvalue weighted by Gasteiger charge is -2.27. The fourth-order valence-electron chi connectivity index (χ4n) is 3.52. The molecular formula is C16H17N5O6. The van der Waals surface area contributed by atoms with Gasteiger partial charge in [-0.15, -0.1) is 0 Å². The van der Waals surface area contributed by atoms with Gasteiger partial charge in [-0.3, -0.25) is 9.59 Å². The van der Waals surface area contributed by atoms with E-state index in [1.165, 1.54) is 30.1 Å². The predicted octanol–water partition coefficient (Wildman–Crippen LogP) is -1.63. The van der Waals surface area contributed by atoms with Crippen molar-refractivity contribution < 1.29 is 24.9 Å². The zero-order valence-electron chi connectivity index (χ0n) is 14.2. The van der Waals surface area contributed by atoms with E-state index in [9.17, 15) is 24.9 Å². The Hall–Kier alpha value is -2.86.